The van der Waals surface area contributed by atoms with Gasteiger partial charge in [-0.15, -0.1) is 0 Å². The summed E-state index contributed by atoms with van der Waals surface area (Å²) in [5.41, 5.74) is 0.570. The van der Waals surface area contributed by atoms with Crippen LogP contribution < -0.4 is 4.74 Å². The van der Waals surface area contributed by atoms with Crippen molar-refractivity contribution in [1.29, 1.82) is 0 Å². The summed E-state index contributed by atoms with van der Waals surface area (Å²) in [7, 11) is 1.51. The van der Waals surface area contributed by atoms with E-state index in [2.05, 4.69) is 0 Å². The second-order valence-electron chi connectivity index (χ2n) is 4.72. The van der Waals surface area contributed by atoms with Gasteiger partial charge >= 0.3 is 0 Å². The highest BCUT2D eigenvalue weighted by molar-refractivity contribution is 6.30. The molecule has 1 unspecified atom stereocenters. The van der Waals surface area contributed by atoms with Gasteiger partial charge in [-0.3, -0.25) is 0 Å². The predicted molar refractivity (Wildman–Crippen MR) is 77.8 cm³/mol. The van der Waals surface area contributed by atoms with E-state index >= 15 is 0 Å². The standard InChI is InChI=1S/C16H15ClF2O2/c1-21-16-6-5-11(17)7-10(16)8-12(20)9-13-14(18)3-2-4-15(13)19/h2-7,12,20H,8-9H2,1H3. The number of hydrogen-bond donors (Lipinski definition) is 1. The topological polar surface area (TPSA) is 29.5 Å². The molecule has 0 saturated carbocycles. The first-order valence-corrected chi connectivity index (χ1v) is 6.82. The molecule has 1 N–H and O–H groups in total. The molecule has 0 aliphatic heterocycles. The molecule has 0 spiro atoms. The van der Waals surface area contributed by atoms with Crippen LogP contribution in [0.5, 0.6) is 5.75 Å². The van der Waals surface area contributed by atoms with Crippen molar-refractivity contribution in [3.05, 3.63) is 64.2 Å². The molecule has 21 heavy (non-hydrogen) atoms. The Morgan fingerprint density at radius 1 is 1.14 bits per heavy atom. The minimum absolute atomic E-state index is 0.117. The van der Waals surface area contributed by atoms with Crippen molar-refractivity contribution in [2.45, 2.75) is 18.9 Å². The van der Waals surface area contributed by atoms with Gasteiger partial charge in [0.15, 0.2) is 0 Å². The molecule has 2 nitrogen and oxygen atoms in total. The first-order valence-electron chi connectivity index (χ1n) is 6.44. The quantitative estimate of drug-likeness (QED) is 0.910. The molecule has 0 heterocycles. The number of rotatable bonds is 5. The Kier molecular flexibility index (Phi) is 5.15. The molecule has 2 aromatic carbocycles. The smallest absolute Gasteiger partial charge is 0.129 e. The van der Waals surface area contributed by atoms with Crippen molar-refractivity contribution in [3.8, 4) is 5.75 Å². The van der Waals surface area contributed by atoms with Crippen LogP contribution in [-0.4, -0.2) is 18.3 Å². The van der Waals surface area contributed by atoms with Gasteiger partial charge in [-0.05, 0) is 35.9 Å². The van der Waals surface area contributed by atoms with E-state index in [1.54, 1.807) is 18.2 Å². The van der Waals surface area contributed by atoms with Crippen molar-refractivity contribution in [3.63, 3.8) is 0 Å². The van der Waals surface area contributed by atoms with Gasteiger partial charge in [-0.25, -0.2) is 8.78 Å². The lowest BCUT2D eigenvalue weighted by Gasteiger charge is -2.14. The first-order chi connectivity index (χ1) is 10.0. The second-order valence-corrected chi connectivity index (χ2v) is 5.15. The van der Waals surface area contributed by atoms with Crippen molar-refractivity contribution in [2.75, 3.05) is 7.11 Å². The molecule has 0 fully saturated rings. The van der Waals surface area contributed by atoms with Gasteiger partial charge in [0, 0.05) is 23.4 Å². The molecular formula is C16H15ClF2O2. The number of methoxy groups -OCH3 is 1. The maximum atomic E-state index is 13.6. The van der Waals surface area contributed by atoms with Crippen LogP contribution in [0.4, 0.5) is 8.78 Å². The van der Waals surface area contributed by atoms with Gasteiger partial charge in [0.1, 0.15) is 17.4 Å². The van der Waals surface area contributed by atoms with Gasteiger partial charge < -0.3 is 9.84 Å². The molecule has 0 amide bonds. The average molecular weight is 313 g/mol. The molecular weight excluding hydrogens is 298 g/mol. The van der Waals surface area contributed by atoms with E-state index in [1.165, 1.54) is 25.3 Å². The monoisotopic (exact) mass is 312 g/mol. The molecule has 112 valence electrons. The van der Waals surface area contributed by atoms with Crippen LogP contribution in [0, 0.1) is 11.6 Å². The lowest BCUT2D eigenvalue weighted by molar-refractivity contribution is 0.171. The highest BCUT2D eigenvalue weighted by Gasteiger charge is 2.16. The largest absolute Gasteiger partial charge is 0.496 e. The summed E-state index contributed by atoms with van der Waals surface area (Å²) in [6.07, 6.45) is -0.866. The SMILES string of the molecule is COc1ccc(Cl)cc1CC(O)Cc1c(F)cccc1F. The van der Waals surface area contributed by atoms with Crippen LogP contribution in [0.3, 0.4) is 0 Å². The molecule has 0 saturated heterocycles. The van der Waals surface area contributed by atoms with Gasteiger partial charge in [0.2, 0.25) is 0 Å². The van der Waals surface area contributed by atoms with E-state index in [0.717, 1.165) is 0 Å². The van der Waals surface area contributed by atoms with E-state index in [9.17, 15) is 13.9 Å². The van der Waals surface area contributed by atoms with Crippen LogP contribution in [0.25, 0.3) is 0 Å². The number of ether oxygens (including phenoxy) is 1. The lowest BCUT2D eigenvalue weighted by Crippen LogP contribution is -2.16. The average Bonchev–Trinajstić information content (AvgIpc) is 2.43. The van der Waals surface area contributed by atoms with E-state index < -0.39 is 17.7 Å². The molecule has 0 aliphatic carbocycles. The van der Waals surface area contributed by atoms with Gasteiger partial charge in [0.05, 0.1) is 13.2 Å². The van der Waals surface area contributed by atoms with E-state index in [-0.39, 0.29) is 18.4 Å². The molecule has 2 rings (SSSR count). The minimum Gasteiger partial charge on any atom is -0.496 e. The zero-order valence-electron chi connectivity index (χ0n) is 11.4. The maximum absolute atomic E-state index is 13.6. The first kappa shape index (κ1) is 15.7. The molecule has 0 aliphatic rings. The zero-order valence-corrected chi connectivity index (χ0v) is 12.2. The summed E-state index contributed by atoms with van der Waals surface area (Å²) in [4.78, 5) is 0. The third-order valence-electron chi connectivity index (χ3n) is 3.20. The number of aliphatic hydroxyl groups excluding tert-OH is 1. The second kappa shape index (κ2) is 6.87. The number of benzene rings is 2. The van der Waals surface area contributed by atoms with Gasteiger partial charge in [-0.2, -0.15) is 0 Å². The fraction of sp³-hybridized carbons (Fsp3) is 0.250. The molecule has 0 radical (unpaired) electrons. The number of hydrogen-bond acceptors (Lipinski definition) is 2. The molecule has 5 heteroatoms. The van der Waals surface area contributed by atoms with E-state index in [0.29, 0.717) is 16.3 Å². The van der Waals surface area contributed by atoms with Crippen LogP contribution in [0.15, 0.2) is 36.4 Å². The highest BCUT2D eigenvalue weighted by Crippen LogP contribution is 2.25. The molecule has 0 bridgehead atoms. The summed E-state index contributed by atoms with van der Waals surface area (Å²) < 4.78 is 32.3. The fourth-order valence-corrected chi connectivity index (χ4v) is 2.39. The Hall–Kier alpha value is -1.65. The Labute approximate surface area is 126 Å². The zero-order chi connectivity index (χ0) is 15.4. The maximum Gasteiger partial charge on any atom is 0.129 e. The van der Waals surface area contributed by atoms with Crippen LogP contribution in [-0.2, 0) is 12.8 Å². The normalized spacial score (nSPS) is 12.2. The van der Waals surface area contributed by atoms with Crippen molar-refractivity contribution >= 4 is 11.6 Å². The van der Waals surface area contributed by atoms with E-state index in [1.807, 2.05) is 0 Å². The summed E-state index contributed by atoms with van der Waals surface area (Å²) in [6.45, 7) is 0. The van der Waals surface area contributed by atoms with Crippen LogP contribution in [0.2, 0.25) is 5.02 Å². The Morgan fingerprint density at radius 3 is 2.43 bits per heavy atom. The lowest BCUT2D eigenvalue weighted by atomic mass is 10.00. The van der Waals surface area contributed by atoms with Crippen LogP contribution >= 0.6 is 11.6 Å². The molecule has 1 atom stereocenters. The van der Waals surface area contributed by atoms with E-state index in [4.69, 9.17) is 16.3 Å². The summed E-state index contributed by atoms with van der Waals surface area (Å²) >= 11 is 5.91. The minimum atomic E-state index is -0.941. The van der Waals surface area contributed by atoms with Crippen molar-refractivity contribution in [1.82, 2.24) is 0 Å². The number of aliphatic hydroxyl groups is 1. The Morgan fingerprint density at radius 2 is 1.81 bits per heavy atom. The summed E-state index contributed by atoms with van der Waals surface area (Å²) in [5, 5.41) is 10.6. The number of halogens is 3. The van der Waals surface area contributed by atoms with Crippen molar-refractivity contribution in [2.24, 2.45) is 0 Å². The highest BCUT2D eigenvalue weighted by atomic mass is 35.5. The summed E-state index contributed by atoms with van der Waals surface area (Å²) in [5.74, 6) is -0.744. The Bertz CT molecular complexity index is 611. The van der Waals surface area contributed by atoms with Crippen LogP contribution in [0.1, 0.15) is 11.1 Å². The third kappa shape index (κ3) is 3.93. The fourth-order valence-electron chi connectivity index (χ4n) is 2.20. The molecule has 0 aromatic heterocycles. The predicted octanol–water partition coefficient (Wildman–Crippen LogP) is 3.77. The Balaban J connectivity index is 2.15. The summed E-state index contributed by atoms with van der Waals surface area (Å²) in [6, 6.07) is 8.67. The third-order valence-corrected chi connectivity index (χ3v) is 3.43. The molecule has 2 aromatic rings. The van der Waals surface area contributed by atoms with Gasteiger partial charge in [-0.1, -0.05) is 17.7 Å². The van der Waals surface area contributed by atoms with Gasteiger partial charge in [0.25, 0.3) is 0 Å². The van der Waals surface area contributed by atoms with Crippen molar-refractivity contribution < 1.29 is 18.6 Å².